The van der Waals surface area contributed by atoms with Gasteiger partial charge in [0.15, 0.2) is 0 Å². The Morgan fingerprint density at radius 1 is 0.674 bits per heavy atom. The van der Waals surface area contributed by atoms with E-state index in [-0.39, 0.29) is 68.6 Å². The Bertz CT molecular complexity index is 2020. The maximum atomic E-state index is 11.5. The Hall–Kier alpha value is -4.66. The maximum Gasteiger partial charge on any atom is 0.339 e. The van der Waals surface area contributed by atoms with E-state index in [9.17, 15) is 28.0 Å². The Morgan fingerprint density at radius 2 is 1.21 bits per heavy atom. The van der Waals surface area contributed by atoms with Crippen LogP contribution in [0.5, 0.6) is 11.5 Å². The van der Waals surface area contributed by atoms with Crippen LogP contribution >= 0.6 is 0 Å². The van der Waals surface area contributed by atoms with Gasteiger partial charge in [-0.2, -0.15) is 23.8 Å². The number of rotatable bonds is 7. The van der Waals surface area contributed by atoms with Gasteiger partial charge in [-0.25, -0.2) is 4.79 Å². The number of carboxylic acid groups (broad SMARTS) is 1. The molecule has 43 heavy (non-hydrogen) atoms. The van der Waals surface area contributed by atoms with Gasteiger partial charge in [-0.3, -0.25) is 4.55 Å². The molecule has 0 unspecified atom stereocenters. The van der Waals surface area contributed by atoms with E-state index in [0.717, 1.165) is 11.1 Å². The van der Waals surface area contributed by atoms with Crippen molar-refractivity contribution < 1.29 is 33.1 Å². The van der Waals surface area contributed by atoms with Crippen LogP contribution in [-0.4, -0.2) is 63.8 Å². The molecule has 0 aliphatic carbocycles. The zero-order valence-electron chi connectivity index (χ0n) is 22.4. The van der Waals surface area contributed by atoms with E-state index < -0.39 is 16.1 Å². The van der Waals surface area contributed by atoms with Crippen molar-refractivity contribution in [1.29, 1.82) is 0 Å². The Labute approximate surface area is 266 Å². The number of benzene rings is 5. The maximum absolute atomic E-state index is 11.5. The van der Waals surface area contributed by atoms with E-state index in [1.54, 1.807) is 24.3 Å². The summed E-state index contributed by atoms with van der Waals surface area (Å²) in [5, 5.41) is 46.2. The predicted octanol–water partition coefficient (Wildman–Crippen LogP) is 6.90. The third kappa shape index (κ3) is 7.05. The summed E-state index contributed by atoms with van der Waals surface area (Å²) in [4.78, 5) is 10.8. The average molecular weight is 607 g/mol. The summed E-state index contributed by atoms with van der Waals surface area (Å²) in [6.45, 7) is 0. The normalized spacial score (nSPS) is 11.7. The number of hydrogen-bond donors (Lipinski definition) is 5. The molecule has 0 aliphatic rings. The van der Waals surface area contributed by atoms with E-state index in [1.807, 2.05) is 24.3 Å². The van der Waals surface area contributed by atoms with Crippen molar-refractivity contribution in [3.05, 3.63) is 96.6 Å². The molecular weight excluding hydrogens is 585 g/mol. The summed E-state index contributed by atoms with van der Waals surface area (Å²) >= 11 is 0. The first-order valence-electron chi connectivity index (χ1n) is 12.1. The van der Waals surface area contributed by atoms with Crippen LogP contribution in [0.15, 0.2) is 116 Å². The number of carbonyl (C=O) groups is 1. The molecule has 14 heteroatoms. The summed E-state index contributed by atoms with van der Waals surface area (Å²) in [7, 11) is -4.44. The summed E-state index contributed by atoms with van der Waals surface area (Å²) in [5.74, 6) is -1.93. The van der Waals surface area contributed by atoms with Crippen molar-refractivity contribution in [2.75, 3.05) is 5.73 Å². The molecule has 0 saturated carbocycles. The monoisotopic (exact) mass is 606 g/mol. The van der Waals surface area contributed by atoms with Crippen LogP contribution in [0.1, 0.15) is 10.4 Å². The number of fused-ring (bicyclic) bond motifs is 1. The number of nitrogen functional groups attached to an aromatic ring is 1. The zero-order valence-corrected chi connectivity index (χ0v) is 25.3. The fourth-order valence-corrected chi connectivity index (χ4v) is 4.57. The molecule has 1 radical (unpaired) electrons. The van der Waals surface area contributed by atoms with Crippen LogP contribution in [0.3, 0.4) is 0 Å². The van der Waals surface area contributed by atoms with Crippen LogP contribution in [-0.2, 0) is 10.1 Å². The summed E-state index contributed by atoms with van der Waals surface area (Å²) in [6.07, 6.45) is 0. The van der Waals surface area contributed by atoms with Gasteiger partial charge in [-0.05, 0) is 77.2 Å². The molecule has 0 fully saturated rings. The number of hydrogen-bond acceptors (Lipinski definition) is 10. The second-order valence-electron chi connectivity index (χ2n) is 9.02. The minimum Gasteiger partial charge on any atom is -0.507 e. The van der Waals surface area contributed by atoms with Crippen molar-refractivity contribution in [2.45, 2.75) is 4.90 Å². The van der Waals surface area contributed by atoms with Crippen LogP contribution in [0.25, 0.3) is 21.9 Å². The molecule has 5 aromatic rings. The topological polar surface area (TPSA) is 208 Å². The second kappa shape index (κ2) is 12.7. The number of aromatic carboxylic acids is 1. The van der Waals surface area contributed by atoms with Crippen molar-refractivity contribution >= 4 is 84.9 Å². The molecular formula is C29H21N5NaO7S. The van der Waals surface area contributed by atoms with Gasteiger partial charge in [0, 0.05) is 34.9 Å². The Kier molecular flexibility index (Phi) is 9.23. The summed E-state index contributed by atoms with van der Waals surface area (Å²) in [6, 6.07) is 23.3. The third-order valence-corrected chi connectivity index (χ3v) is 7.07. The molecule has 12 nitrogen and oxygen atoms in total. The van der Waals surface area contributed by atoms with E-state index in [2.05, 4.69) is 20.5 Å². The van der Waals surface area contributed by atoms with Gasteiger partial charge in [0.05, 0.1) is 22.0 Å². The van der Waals surface area contributed by atoms with Crippen molar-refractivity contribution in [1.82, 2.24) is 0 Å². The Morgan fingerprint density at radius 3 is 1.77 bits per heavy atom. The fourth-order valence-electron chi connectivity index (χ4n) is 4.06. The number of nitrogens with zero attached hydrogens (tertiary/aromatic N) is 4. The fraction of sp³-hybridized carbons (Fsp3) is 0. The number of anilines is 1. The largest absolute Gasteiger partial charge is 0.507 e. The number of aromatic hydroxyl groups is 2. The van der Waals surface area contributed by atoms with Gasteiger partial charge in [0.1, 0.15) is 28.4 Å². The molecule has 0 atom stereocenters. The molecule has 0 aromatic heterocycles. The summed E-state index contributed by atoms with van der Waals surface area (Å²) in [5.41, 5.74) is 8.92. The molecule has 211 valence electrons. The first-order chi connectivity index (χ1) is 20.0. The average Bonchev–Trinajstić information content (AvgIpc) is 2.96. The third-order valence-electron chi connectivity index (χ3n) is 6.22. The van der Waals surface area contributed by atoms with Gasteiger partial charge < -0.3 is 21.1 Å². The molecule has 0 spiro atoms. The number of phenolic OH excluding ortho intramolecular Hbond substituents is 1. The quantitative estimate of drug-likeness (QED) is 0.0432. The minimum atomic E-state index is -4.44. The van der Waals surface area contributed by atoms with Crippen LogP contribution < -0.4 is 5.73 Å². The van der Waals surface area contributed by atoms with Crippen LogP contribution in [0, 0.1) is 0 Å². The van der Waals surface area contributed by atoms with Crippen molar-refractivity contribution in [3.63, 3.8) is 0 Å². The van der Waals surface area contributed by atoms with Crippen LogP contribution in [0.2, 0.25) is 0 Å². The second-order valence-corrected chi connectivity index (χ2v) is 10.4. The van der Waals surface area contributed by atoms with Gasteiger partial charge in [0.2, 0.25) is 0 Å². The number of carboxylic acids is 1. The van der Waals surface area contributed by atoms with Crippen LogP contribution in [0.4, 0.5) is 28.4 Å². The smallest absolute Gasteiger partial charge is 0.339 e. The molecule has 5 aromatic carbocycles. The molecule has 0 saturated heterocycles. The number of azo groups is 2. The van der Waals surface area contributed by atoms with Crippen molar-refractivity contribution in [2.24, 2.45) is 20.5 Å². The minimum absolute atomic E-state index is 0. The zero-order chi connectivity index (χ0) is 30.0. The molecule has 5 rings (SSSR count). The van der Waals surface area contributed by atoms with E-state index in [1.165, 1.54) is 42.5 Å². The predicted molar refractivity (Wildman–Crippen MR) is 161 cm³/mol. The number of phenols is 2. The summed E-state index contributed by atoms with van der Waals surface area (Å²) < 4.78 is 32.3. The molecule has 0 heterocycles. The SMILES string of the molecule is Nc1c(O)cc2cc(S(=O)(=O)O)ccc2c1N=Nc1ccc(-c2ccc(N=Nc3ccc(O)c(C(=O)O)c3)cc2)cc1.[Na]. The van der Waals surface area contributed by atoms with E-state index in [4.69, 9.17) is 10.8 Å². The van der Waals surface area contributed by atoms with Gasteiger partial charge in [-0.1, -0.05) is 30.3 Å². The number of nitrogens with two attached hydrogens (primary N) is 1. The standard InChI is InChI=1S/C29H21N5O7S.Na/c30-27-26(36)14-18-13-22(42(39,40)41)10-11-23(18)28(27)34-32-20-7-3-17(4-8-20)16-1-5-19(6-2-16)31-33-21-9-12-25(35)24(15-21)29(37)38;/h1-15,35-36H,30H2,(H,37,38)(H,39,40,41);. The first-order valence-corrected chi connectivity index (χ1v) is 13.6. The van der Waals surface area contributed by atoms with E-state index >= 15 is 0 Å². The Balaban J connectivity index is 0.00000423. The van der Waals surface area contributed by atoms with Gasteiger partial charge in [0.25, 0.3) is 10.1 Å². The molecule has 0 aliphatic heterocycles. The van der Waals surface area contributed by atoms with Crippen molar-refractivity contribution in [3.8, 4) is 22.6 Å². The molecule has 0 amide bonds. The van der Waals surface area contributed by atoms with Gasteiger partial charge in [-0.15, -0.1) is 5.11 Å². The first kappa shape index (κ1) is 31.3. The molecule has 0 bridgehead atoms. The van der Waals surface area contributed by atoms with E-state index in [0.29, 0.717) is 22.1 Å². The van der Waals surface area contributed by atoms with Gasteiger partial charge >= 0.3 is 5.97 Å². The molecule has 6 N–H and O–H groups in total.